The van der Waals surface area contributed by atoms with E-state index < -0.39 is 15.1 Å². The van der Waals surface area contributed by atoms with Gasteiger partial charge in [-0.25, -0.2) is 28.2 Å². The van der Waals surface area contributed by atoms with Gasteiger partial charge in [-0.15, -0.1) is 11.3 Å². The lowest BCUT2D eigenvalue weighted by Gasteiger charge is -2.34. The molecule has 1 aromatic carbocycles. The number of rotatable bonds is 8. The van der Waals surface area contributed by atoms with Crippen molar-refractivity contribution in [3.63, 3.8) is 0 Å². The molecule has 2 unspecified atom stereocenters. The molecule has 0 spiro atoms. The van der Waals surface area contributed by atoms with Crippen molar-refractivity contribution in [1.29, 1.82) is 0 Å². The summed E-state index contributed by atoms with van der Waals surface area (Å²) in [5.74, 6) is 1.06. The number of nitrogens with zero attached hydrogens (tertiary/aromatic N) is 4. The molecule has 3 atom stereocenters. The van der Waals surface area contributed by atoms with Crippen LogP contribution in [0.15, 0.2) is 40.1 Å². The fourth-order valence-corrected chi connectivity index (χ4v) is 7.66. The van der Waals surface area contributed by atoms with E-state index in [1.54, 1.807) is 12.3 Å². The van der Waals surface area contributed by atoms with Crippen molar-refractivity contribution >= 4 is 38.7 Å². The van der Waals surface area contributed by atoms with E-state index in [-0.39, 0.29) is 22.3 Å². The first kappa shape index (κ1) is 26.5. The average molecular weight is 557 g/mol. The summed E-state index contributed by atoms with van der Waals surface area (Å²) in [6.07, 6.45) is 1.36. The molecule has 2 amide bonds. The lowest BCUT2D eigenvalue weighted by molar-refractivity contribution is 0.0985. The second-order valence-electron chi connectivity index (χ2n) is 9.73. The van der Waals surface area contributed by atoms with Gasteiger partial charge in [0.05, 0.1) is 30.2 Å². The van der Waals surface area contributed by atoms with Crippen LogP contribution < -0.4 is 15.5 Å². The Morgan fingerprint density at radius 3 is 2.68 bits per heavy atom. The van der Waals surface area contributed by atoms with Gasteiger partial charge in [-0.1, -0.05) is 6.92 Å². The van der Waals surface area contributed by atoms with Crippen LogP contribution in [0.25, 0.3) is 11.4 Å². The van der Waals surface area contributed by atoms with Gasteiger partial charge in [0.1, 0.15) is 5.82 Å². The van der Waals surface area contributed by atoms with Gasteiger partial charge in [-0.3, -0.25) is 0 Å². The number of carbonyl (C=O) groups excluding carboxylic acids is 1. The van der Waals surface area contributed by atoms with Crippen molar-refractivity contribution in [1.82, 2.24) is 20.3 Å². The number of hydrogen-bond acceptors (Lipinski definition) is 9. The maximum atomic E-state index is 13.2. The lowest BCUT2D eigenvalue weighted by atomic mass is 10.1. The van der Waals surface area contributed by atoms with E-state index >= 15 is 0 Å². The van der Waals surface area contributed by atoms with Crippen molar-refractivity contribution in [3.05, 3.63) is 47.1 Å². The van der Waals surface area contributed by atoms with Gasteiger partial charge >= 0.3 is 6.03 Å². The molecule has 1 aliphatic heterocycles. The molecule has 2 aromatic heterocycles. The molecule has 2 fully saturated rings. The summed E-state index contributed by atoms with van der Waals surface area (Å²) >= 11 is 1.17. The maximum Gasteiger partial charge on any atom is 0.319 e. The quantitative estimate of drug-likeness (QED) is 0.426. The van der Waals surface area contributed by atoms with Crippen molar-refractivity contribution < 1.29 is 17.9 Å². The number of benzene rings is 1. The van der Waals surface area contributed by atoms with Crippen LogP contribution in [0, 0.1) is 6.92 Å². The number of nitrogens with one attached hydrogen (secondary N) is 2. The van der Waals surface area contributed by atoms with Crippen LogP contribution in [0.4, 0.5) is 16.3 Å². The molecule has 202 valence electrons. The van der Waals surface area contributed by atoms with Crippen LogP contribution in [0.5, 0.6) is 0 Å². The molecular formula is C26H32N6O4S2. The van der Waals surface area contributed by atoms with Crippen LogP contribution in [-0.4, -0.2) is 67.0 Å². The van der Waals surface area contributed by atoms with Gasteiger partial charge in [0.2, 0.25) is 14.2 Å². The highest BCUT2D eigenvalue weighted by molar-refractivity contribution is 7.94. The van der Waals surface area contributed by atoms with Gasteiger partial charge in [-0.2, -0.15) is 0 Å². The zero-order chi connectivity index (χ0) is 26.9. The number of hydrogen-bond donors (Lipinski definition) is 2. The van der Waals surface area contributed by atoms with Crippen LogP contribution in [-0.2, 0) is 14.6 Å². The lowest BCUT2D eigenvalue weighted by Crippen LogP contribution is -2.44. The number of anilines is 2. The number of aromatic nitrogens is 3. The molecule has 1 saturated carbocycles. The second kappa shape index (κ2) is 11.0. The van der Waals surface area contributed by atoms with Gasteiger partial charge in [0.15, 0.2) is 5.82 Å². The number of ether oxygens (including phenoxy) is 1. The minimum atomic E-state index is -3.52. The molecule has 5 rings (SSSR count). The molecule has 2 N–H and O–H groups in total. The normalized spacial score (nSPS) is 21.2. The zero-order valence-corrected chi connectivity index (χ0v) is 23.3. The largest absolute Gasteiger partial charge is 0.377 e. The summed E-state index contributed by atoms with van der Waals surface area (Å²) in [6, 6.07) is 9.14. The predicted molar refractivity (Wildman–Crippen MR) is 148 cm³/mol. The Labute approximate surface area is 226 Å². The monoisotopic (exact) mass is 556 g/mol. The molecule has 3 aromatic rings. The van der Waals surface area contributed by atoms with E-state index in [1.165, 1.54) is 11.3 Å². The Kier molecular flexibility index (Phi) is 7.64. The Morgan fingerprint density at radius 2 is 2.00 bits per heavy atom. The topological polar surface area (TPSA) is 126 Å². The minimum Gasteiger partial charge on any atom is -0.377 e. The molecule has 2 aliphatic rings. The number of amides is 2. The molecule has 3 heterocycles. The van der Waals surface area contributed by atoms with E-state index in [0.717, 1.165) is 17.8 Å². The number of urea groups is 1. The van der Waals surface area contributed by atoms with E-state index in [9.17, 15) is 13.2 Å². The standard InChI is InChI=1S/C26H32N6O4S2/c1-4-9-27-25(33)29-19-7-5-18(6-8-19)24-30-21(13-23(31-24)32-10-11-36-14-17(32)3)20-12-22(20)38(34,35)26-28-16(2)15-37-26/h5-8,13,15,17,20,22H,4,9-12,14H2,1-3H3,(H2,27,29,33)/t17-,20?,22?/m0/s1. The Balaban J connectivity index is 1.44. The van der Waals surface area contributed by atoms with E-state index in [1.807, 2.05) is 37.3 Å². The summed E-state index contributed by atoms with van der Waals surface area (Å²) in [4.78, 5) is 28.1. The van der Waals surface area contributed by atoms with E-state index in [0.29, 0.717) is 55.6 Å². The van der Waals surface area contributed by atoms with Gasteiger partial charge in [0.25, 0.3) is 0 Å². The summed E-state index contributed by atoms with van der Waals surface area (Å²) in [5.41, 5.74) is 2.86. The summed E-state index contributed by atoms with van der Waals surface area (Å²) in [7, 11) is -3.52. The molecule has 10 nitrogen and oxygen atoms in total. The third kappa shape index (κ3) is 5.67. The second-order valence-corrected chi connectivity index (χ2v) is 12.9. The highest BCUT2D eigenvalue weighted by Gasteiger charge is 2.51. The molecular weight excluding hydrogens is 524 g/mol. The van der Waals surface area contributed by atoms with Crippen LogP contribution >= 0.6 is 11.3 Å². The molecule has 38 heavy (non-hydrogen) atoms. The first-order chi connectivity index (χ1) is 18.3. The van der Waals surface area contributed by atoms with Crippen molar-refractivity contribution in [2.75, 3.05) is 36.5 Å². The Hall–Kier alpha value is -3.09. The first-order valence-corrected chi connectivity index (χ1v) is 15.2. The number of sulfone groups is 1. The number of morpholine rings is 1. The van der Waals surface area contributed by atoms with Gasteiger partial charge in [0, 0.05) is 47.4 Å². The maximum absolute atomic E-state index is 13.2. The number of carbonyl (C=O) groups is 1. The Morgan fingerprint density at radius 1 is 1.21 bits per heavy atom. The highest BCUT2D eigenvalue weighted by Crippen LogP contribution is 2.48. The van der Waals surface area contributed by atoms with E-state index in [2.05, 4.69) is 27.4 Å². The summed E-state index contributed by atoms with van der Waals surface area (Å²) in [5, 5.41) is 6.83. The predicted octanol–water partition coefficient (Wildman–Crippen LogP) is 3.99. The number of thiazole rings is 1. The van der Waals surface area contributed by atoms with Crippen molar-refractivity contribution in [3.8, 4) is 11.4 Å². The summed E-state index contributed by atoms with van der Waals surface area (Å²) < 4.78 is 32.2. The fourth-order valence-electron chi connectivity index (χ4n) is 4.52. The van der Waals surface area contributed by atoms with Crippen molar-refractivity contribution in [2.24, 2.45) is 0 Å². The molecule has 0 radical (unpaired) electrons. The first-order valence-electron chi connectivity index (χ1n) is 12.8. The summed E-state index contributed by atoms with van der Waals surface area (Å²) in [6.45, 7) is 8.37. The van der Waals surface area contributed by atoms with Crippen LogP contribution in [0.1, 0.15) is 44.0 Å². The molecule has 1 saturated heterocycles. The molecule has 12 heteroatoms. The van der Waals surface area contributed by atoms with Gasteiger partial charge in [-0.05, 0) is 51.0 Å². The van der Waals surface area contributed by atoms with Gasteiger partial charge < -0.3 is 20.3 Å². The molecule has 1 aliphatic carbocycles. The van der Waals surface area contributed by atoms with Crippen molar-refractivity contribution in [2.45, 2.75) is 55.2 Å². The van der Waals surface area contributed by atoms with Crippen LogP contribution in [0.2, 0.25) is 0 Å². The SMILES string of the molecule is CCCNC(=O)Nc1ccc(-c2nc(C3CC3S(=O)(=O)c3nc(C)cs3)cc(N3CCOC[C@@H]3C)n2)cc1. The third-order valence-electron chi connectivity index (χ3n) is 6.68. The van der Waals surface area contributed by atoms with E-state index in [4.69, 9.17) is 14.7 Å². The Bertz CT molecular complexity index is 1410. The zero-order valence-electron chi connectivity index (χ0n) is 21.7. The minimum absolute atomic E-state index is 0.129. The van der Waals surface area contributed by atoms with Crippen LogP contribution in [0.3, 0.4) is 0 Å². The average Bonchev–Trinajstić information content (AvgIpc) is 3.61. The third-order valence-corrected chi connectivity index (χ3v) is 10.3. The smallest absolute Gasteiger partial charge is 0.319 e. The fraction of sp³-hybridized carbons (Fsp3) is 0.462. The highest BCUT2D eigenvalue weighted by atomic mass is 32.2. The number of aryl methyl sites for hydroxylation is 1. The molecule has 0 bridgehead atoms.